The molecule has 6 nitrogen and oxygen atoms in total. The minimum absolute atomic E-state index is 0.000730. The van der Waals surface area contributed by atoms with Crippen molar-refractivity contribution in [3.05, 3.63) is 18.5 Å². The van der Waals surface area contributed by atoms with Gasteiger partial charge in [0.05, 0.1) is 11.3 Å². The third-order valence-electron chi connectivity index (χ3n) is 4.25. The molecule has 0 radical (unpaired) electrons. The quantitative estimate of drug-likeness (QED) is 0.870. The minimum Gasteiger partial charge on any atom is -0.384 e. The summed E-state index contributed by atoms with van der Waals surface area (Å²) >= 11 is 0. The normalized spacial score (nSPS) is 22.5. The molecule has 9 heteroatoms. The van der Waals surface area contributed by atoms with Crippen LogP contribution in [-0.2, 0) is 0 Å². The molecule has 0 spiro atoms. The van der Waals surface area contributed by atoms with Crippen molar-refractivity contribution in [1.29, 1.82) is 0 Å². The molecule has 1 aliphatic rings. The first kappa shape index (κ1) is 15.7. The van der Waals surface area contributed by atoms with E-state index in [-0.39, 0.29) is 26.1 Å². The van der Waals surface area contributed by atoms with E-state index >= 15 is 0 Å². The highest BCUT2D eigenvalue weighted by Crippen LogP contribution is 2.39. The highest BCUT2D eigenvalue weighted by Gasteiger charge is 2.46. The summed E-state index contributed by atoms with van der Waals surface area (Å²) in [4.78, 5) is 14.2. The second-order valence-corrected chi connectivity index (χ2v) is 5.68. The maximum absolute atomic E-state index is 13.1. The summed E-state index contributed by atoms with van der Waals surface area (Å²) in [5, 5.41) is 0.669. The van der Waals surface area contributed by atoms with Crippen molar-refractivity contribution in [2.75, 3.05) is 30.3 Å². The smallest absolute Gasteiger partial charge is 0.384 e. The van der Waals surface area contributed by atoms with Crippen LogP contribution in [0.15, 0.2) is 18.5 Å². The van der Waals surface area contributed by atoms with Crippen molar-refractivity contribution in [3.8, 4) is 0 Å². The van der Waals surface area contributed by atoms with E-state index < -0.39 is 18.0 Å². The van der Waals surface area contributed by atoms with Gasteiger partial charge in [-0.3, -0.25) is 0 Å². The predicted octanol–water partition coefficient (Wildman–Crippen LogP) is 1.57. The Bertz CT molecular complexity index is 704. The molecule has 0 aliphatic carbocycles. The molecule has 0 amide bonds. The van der Waals surface area contributed by atoms with Crippen LogP contribution in [0, 0.1) is 11.8 Å². The van der Waals surface area contributed by atoms with Gasteiger partial charge in [-0.1, -0.05) is 0 Å². The summed E-state index contributed by atoms with van der Waals surface area (Å²) < 4.78 is 39.2. The van der Waals surface area contributed by atoms with Gasteiger partial charge in [-0.05, 0) is 25.1 Å². The van der Waals surface area contributed by atoms with Gasteiger partial charge in [0.25, 0.3) is 0 Å². The lowest BCUT2D eigenvalue weighted by atomic mass is 9.85. The lowest BCUT2D eigenvalue weighted by Crippen LogP contribution is -2.48. The van der Waals surface area contributed by atoms with Crippen LogP contribution in [0.3, 0.4) is 0 Å². The number of alkyl halides is 3. The molecule has 2 aromatic rings. The summed E-state index contributed by atoms with van der Waals surface area (Å²) in [6.45, 7) is 0.448. The zero-order chi connectivity index (χ0) is 16.6. The summed E-state index contributed by atoms with van der Waals surface area (Å²) in [7, 11) is 0. The molecule has 1 aliphatic heterocycles. The van der Waals surface area contributed by atoms with E-state index in [4.69, 9.17) is 11.5 Å². The van der Waals surface area contributed by atoms with E-state index in [2.05, 4.69) is 15.0 Å². The summed E-state index contributed by atoms with van der Waals surface area (Å²) in [5.74, 6) is -1.12. The SMILES string of the molecule is NCC1CN(c2ncnc3nc(N)ccc23)CCC1C(F)(F)F. The molecule has 124 valence electrons. The van der Waals surface area contributed by atoms with Crippen LogP contribution in [-0.4, -0.2) is 40.8 Å². The third-order valence-corrected chi connectivity index (χ3v) is 4.25. The molecule has 3 heterocycles. The topological polar surface area (TPSA) is 94.0 Å². The van der Waals surface area contributed by atoms with E-state index in [0.29, 0.717) is 22.7 Å². The fourth-order valence-electron chi connectivity index (χ4n) is 3.09. The molecule has 0 aromatic carbocycles. The number of nitrogen functional groups attached to an aromatic ring is 1. The molecule has 3 rings (SSSR count). The number of hydrogen-bond acceptors (Lipinski definition) is 6. The number of fused-ring (bicyclic) bond motifs is 1. The van der Waals surface area contributed by atoms with Crippen molar-refractivity contribution in [1.82, 2.24) is 15.0 Å². The molecule has 0 bridgehead atoms. The van der Waals surface area contributed by atoms with Crippen LogP contribution in [0.4, 0.5) is 24.8 Å². The number of rotatable bonds is 2. The van der Waals surface area contributed by atoms with Crippen molar-refractivity contribution >= 4 is 22.7 Å². The van der Waals surface area contributed by atoms with Gasteiger partial charge in [0.2, 0.25) is 0 Å². The lowest BCUT2D eigenvalue weighted by molar-refractivity contribution is -0.191. The van der Waals surface area contributed by atoms with E-state index in [9.17, 15) is 13.2 Å². The van der Waals surface area contributed by atoms with Crippen LogP contribution in [0.1, 0.15) is 6.42 Å². The lowest BCUT2D eigenvalue weighted by Gasteiger charge is -2.39. The van der Waals surface area contributed by atoms with Crippen LogP contribution >= 0.6 is 0 Å². The highest BCUT2D eigenvalue weighted by molar-refractivity contribution is 5.87. The molecule has 2 aromatic heterocycles. The van der Waals surface area contributed by atoms with Gasteiger partial charge < -0.3 is 16.4 Å². The Balaban J connectivity index is 1.92. The first-order valence-electron chi connectivity index (χ1n) is 7.29. The van der Waals surface area contributed by atoms with Crippen molar-refractivity contribution in [3.63, 3.8) is 0 Å². The second-order valence-electron chi connectivity index (χ2n) is 5.68. The largest absolute Gasteiger partial charge is 0.392 e. The number of anilines is 2. The van der Waals surface area contributed by atoms with Crippen LogP contribution in [0.2, 0.25) is 0 Å². The maximum Gasteiger partial charge on any atom is 0.392 e. The average molecular weight is 326 g/mol. The van der Waals surface area contributed by atoms with Gasteiger partial charge in [0, 0.05) is 19.0 Å². The Morgan fingerprint density at radius 3 is 2.74 bits per heavy atom. The Hall–Kier alpha value is -2.16. The molecule has 23 heavy (non-hydrogen) atoms. The van der Waals surface area contributed by atoms with Crippen molar-refractivity contribution in [2.45, 2.75) is 12.6 Å². The molecule has 2 atom stereocenters. The van der Waals surface area contributed by atoms with Crippen molar-refractivity contribution < 1.29 is 13.2 Å². The van der Waals surface area contributed by atoms with Crippen molar-refractivity contribution in [2.24, 2.45) is 17.6 Å². The van der Waals surface area contributed by atoms with Gasteiger partial charge in [0.15, 0.2) is 5.65 Å². The molecule has 1 fully saturated rings. The fraction of sp³-hybridized carbons (Fsp3) is 0.500. The number of halogens is 3. The van der Waals surface area contributed by atoms with Gasteiger partial charge in [0.1, 0.15) is 18.0 Å². The summed E-state index contributed by atoms with van der Waals surface area (Å²) in [5.41, 5.74) is 11.6. The van der Waals surface area contributed by atoms with E-state index in [0.717, 1.165) is 0 Å². The summed E-state index contributed by atoms with van der Waals surface area (Å²) in [6.07, 6.45) is -2.88. The van der Waals surface area contributed by atoms with Gasteiger partial charge in [-0.2, -0.15) is 13.2 Å². The molecular weight excluding hydrogens is 309 g/mol. The Morgan fingerprint density at radius 2 is 2.04 bits per heavy atom. The maximum atomic E-state index is 13.1. The Kier molecular flexibility index (Phi) is 3.97. The van der Waals surface area contributed by atoms with Gasteiger partial charge >= 0.3 is 6.18 Å². The molecule has 4 N–H and O–H groups in total. The highest BCUT2D eigenvalue weighted by atomic mass is 19.4. The minimum atomic E-state index is -4.22. The number of aromatic nitrogens is 3. The van der Waals surface area contributed by atoms with Gasteiger partial charge in [-0.25, -0.2) is 15.0 Å². The standard InChI is InChI=1S/C14H17F3N6/c15-14(16,17)10-3-4-23(6-8(10)5-18)13-9-1-2-11(19)22-12(9)20-7-21-13/h1-2,7-8,10H,3-6,18H2,(H2,19,20,21,22). The Morgan fingerprint density at radius 1 is 1.26 bits per heavy atom. The van der Waals surface area contributed by atoms with E-state index in [1.54, 1.807) is 12.1 Å². The molecule has 1 saturated heterocycles. The van der Waals surface area contributed by atoms with E-state index in [1.807, 2.05) is 4.90 Å². The molecular formula is C14H17F3N6. The fourth-order valence-corrected chi connectivity index (χ4v) is 3.09. The number of hydrogen-bond donors (Lipinski definition) is 2. The average Bonchev–Trinajstić information content (AvgIpc) is 2.52. The number of piperidine rings is 1. The third kappa shape index (κ3) is 3.00. The Labute approximate surface area is 130 Å². The van der Waals surface area contributed by atoms with Crippen LogP contribution in [0.5, 0.6) is 0 Å². The first-order valence-corrected chi connectivity index (χ1v) is 7.29. The zero-order valence-electron chi connectivity index (χ0n) is 12.3. The monoisotopic (exact) mass is 326 g/mol. The number of nitrogens with zero attached hydrogens (tertiary/aromatic N) is 4. The molecule has 0 saturated carbocycles. The van der Waals surface area contributed by atoms with Gasteiger partial charge in [-0.15, -0.1) is 0 Å². The first-order chi connectivity index (χ1) is 10.9. The van der Waals surface area contributed by atoms with Crippen LogP contribution < -0.4 is 16.4 Å². The number of pyridine rings is 1. The van der Waals surface area contributed by atoms with Crippen LogP contribution in [0.25, 0.3) is 11.0 Å². The number of nitrogens with two attached hydrogens (primary N) is 2. The zero-order valence-corrected chi connectivity index (χ0v) is 12.3. The summed E-state index contributed by atoms with van der Waals surface area (Å²) in [6, 6.07) is 3.36. The second kappa shape index (κ2) is 5.80. The molecule has 2 unspecified atom stereocenters. The predicted molar refractivity (Wildman–Crippen MR) is 80.7 cm³/mol. The van der Waals surface area contributed by atoms with E-state index in [1.165, 1.54) is 6.33 Å².